The van der Waals surface area contributed by atoms with Gasteiger partial charge in [0.25, 0.3) is 5.91 Å². The first-order valence-electron chi connectivity index (χ1n) is 10.9. The van der Waals surface area contributed by atoms with Gasteiger partial charge in [0.15, 0.2) is 0 Å². The molecule has 3 N–H and O–H groups in total. The Morgan fingerprint density at radius 1 is 0.886 bits per heavy atom. The Kier molecular flexibility index (Phi) is 7.65. The number of benzene rings is 3. The summed E-state index contributed by atoms with van der Waals surface area (Å²) in [6.07, 6.45) is 1.54. The molecule has 3 amide bonds. The van der Waals surface area contributed by atoms with Gasteiger partial charge in [0, 0.05) is 30.1 Å². The maximum Gasteiger partial charge on any atom is 0.315 e. The van der Waals surface area contributed by atoms with E-state index in [9.17, 15) is 14.0 Å². The van der Waals surface area contributed by atoms with Crippen LogP contribution in [0.3, 0.4) is 0 Å². The number of anilines is 1. The fraction of sp³-hybridized carbons (Fsp3) is 0.0741. The lowest BCUT2D eigenvalue weighted by Gasteiger charge is -2.19. The van der Waals surface area contributed by atoms with E-state index in [0.29, 0.717) is 16.8 Å². The van der Waals surface area contributed by atoms with Gasteiger partial charge in [-0.1, -0.05) is 60.7 Å². The van der Waals surface area contributed by atoms with Gasteiger partial charge in [0.2, 0.25) is 5.88 Å². The van der Waals surface area contributed by atoms with Crippen LogP contribution in [0.2, 0.25) is 0 Å². The highest BCUT2D eigenvalue weighted by molar-refractivity contribution is 5.97. The number of hydrogen-bond acceptors (Lipinski definition) is 4. The van der Waals surface area contributed by atoms with Gasteiger partial charge >= 0.3 is 6.03 Å². The van der Waals surface area contributed by atoms with E-state index in [0.717, 1.165) is 0 Å². The van der Waals surface area contributed by atoms with Gasteiger partial charge in [-0.25, -0.2) is 14.2 Å². The van der Waals surface area contributed by atoms with Crippen molar-refractivity contribution in [3.8, 4) is 11.6 Å². The minimum Gasteiger partial charge on any atom is -0.439 e. The zero-order valence-corrected chi connectivity index (χ0v) is 18.6. The zero-order chi connectivity index (χ0) is 24.5. The van der Waals surface area contributed by atoms with Crippen molar-refractivity contribution in [1.29, 1.82) is 0 Å². The Morgan fingerprint density at radius 2 is 1.63 bits per heavy atom. The second-order valence-electron chi connectivity index (χ2n) is 7.55. The minimum absolute atomic E-state index is 0.0755. The Hall–Kier alpha value is -4.72. The SMILES string of the molecule is O=C(NCc1cccnc1Oc1cccc(F)c1)NC(C(=O)Nc1ccccc1)c1ccccc1. The summed E-state index contributed by atoms with van der Waals surface area (Å²) in [5.74, 6) is -0.289. The number of ether oxygens (including phenoxy) is 1. The molecule has 8 heteroatoms. The fourth-order valence-electron chi connectivity index (χ4n) is 3.33. The highest BCUT2D eigenvalue weighted by atomic mass is 19.1. The summed E-state index contributed by atoms with van der Waals surface area (Å²) in [5, 5.41) is 8.28. The number of carbonyl (C=O) groups is 2. The molecule has 0 spiro atoms. The van der Waals surface area contributed by atoms with E-state index in [2.05, 4.69) is 20.9 Å². The average Bonchev–Trinajstić information content (AvgIpc) is 2.88. The molecule has 0 aliphatic carbocycles. The van der Waals surface area contributed by atoms with Crippen LogP contribution in [-0.4, -0.2) is 16.9 Å². The molecule has 0 bridgehead atoms. The Bertz CT molecular complexity index is 1290. The van der Waals surface area contributed by atoms with Crippen molar-refractivity contribution < 1.29 is 18.7 Å². The predicted molar refractivity (Wildman–Crippen MR) is 130 cm³/mol. The third-order valence-electron chi connectivity index (χ3n) is 5.01. The standard InChI is InChI=1S/C27H23FN4O3/c28-21-12-7-15-23(17-21)35-26-20(11-8-16-29-26)18-30-27(34)32-24(19-9-3-1-4-10-19)25(33)31-22-13-5-2-6-14-22/h1-17,24H,18H2,(H,31,33)(H2,30,32,34). The summed E-state index contributed by atoms with van der Waals surface area (Å²) in [5.41, 5.74) is 1.83. The lowest BCUT2D eigenvalue weighted by atomic mass is 10.1. The second-order valence-corrected chi connectivity index (χ2v) is 7.55. The average molecular weight is 471 g/mol. The van der Waals surface area contributed by atoms with E-state index in [-0.39, 0.29) is 24.1 Å². The van der Waals surface area contributed by atoms with Crippen LogP contribution in [0.5, 0.6) is 11.6 Å². The Balaban J connectivity index is 1.43. The van der Waals surface area contributed by atoms with Crippen LogP contribution in [0.15, 0.2) is 103 Å². The van der Waals surface area contributed by atoms with E-state index in [4.69, 9.17) is 4.74 Å². The number of hydrogen-bond donors (Lipinski definition) is 3. The first-order chi connectivity index (χ1) is 17.1. The van der Waals surface area contributed by atoms with Crippen molar-refractivity contribution >= 4 is 17.6 Å². The molecule has 7 nitrogen and oxygen atoms in total. The van der Waals surface area contributed by atoms with Gasteiger partial charge in [0.1, 0.15) is 17.6 Å². The maximum atomic E-state index is 13.5. The number of nitrogens with zero attached hydrogens (tertiary/aromatic N) is 1. The molecule has 1 aromatic heterocycles. The number of amides is 3. The summed E-state index contributed by atoms with van der Waals surface area (Å²) in [6, 6.07) is 25.6. The van der Waals surface area contributed by atoms with Crippen LogP contribution in [0, 0.1) is 5.82 Å². The number of rotatable bonds is 8. The molecule has 0 saturated heterocycles. The summed E-state index contributed by atoms with van der Waals surface area (Å²) in [4.78, 5) is 29.9. The minimum atomic E-state index is -0.923. The van der Waals surface area contributed by atoms with Crippen molar-refractivity contribution in [1.82, 2.24) is 15.6 Å². The van der Waals surface area contributed by atoms with Gasteiger partial charge < -0.3 is 20.7 Å². The number of urea groups is 1. The topological polar surface area (TPSA) is 92.3 Å². The smallest absolute Gasteiger partial charge is 0.315 e. The molecule has 176 valence electrons. The predicted octanol–water partition coefficient (Wildman–Crippen LogP) is 5.19. The molecule has 1 unspecified atom stereocenters. The Labute approximate surface area is 202 Å². The van der Waals surface area contributed by atoms with Crippen molar-refractivity contribution in [2.24, 2.45) is 0 Å². The number of para-hydroxylation sites is 1. The zero-order valence-electron chi connectivity index (χ0n) is 18.6. The molecule has 4 aromatic rings. The third-order valence-corrected chi connectivity index (χ3v) is 5.01. The van der Waals surface area contributed by atoms with Gasteiger partial charge in [-0.3, -0.25) is 4.79 Å². The molecular formula is C27H23FN4O3. The van der Waals surface area contributed by atoms with Crippen LogP contribution in [0.1, 0.15) is 17.2 Å². The van der Waals surface area contributed by atoms with E-state index >= 15 is 0 Å². The maximum absolute atomic E-state index is 13.5. The molecule has 0 aliphatic rings. The van der Waals surface area contributed by atoms with Crippen LogP contribution in [0.4, 0.5) is 14.9 Å². The monoisotopic (exact) mass is 470 g/mol. The van der Waals surface area contributed by atoms with Crippen LogP contribution in [-0.2, 0) is 11.3 Å². The quantitative estimate of drug-likeness (QED) is 0.330. The first kappa shape index (κ1) is 23.4. The number of aromatic nitrogens is 1. The highest BCUT2D eigenvalue weighted by Gasteiger charge is 2.23. The summed E-state index contributed by atoms with van der Waals surface area (Å²) >= 11 is 0. The molecule has 1 atom stereocenters. The van der Waals surface area contributed by atoms with Crippen molar-refractivity contribution in [2.45, 2.75) is 12.6 Å². The highest BCUT2D eigenvalue weighted by Crippen LogP contribution is 2.23. The van der Waals surface area contributed by atoms with E-state index in [1.807, 2.05) is 24.3 Å². The van der Waals surface area contributed by atoms with Crippen LogP contribution < -0.4 is 20.7 Å². The van der Waals surface area contributed by atoms with Crippen molar-refractivity contribution in [3.05, 3.63) is 120 Å². The van der Waals surface area contributed by atoms with E-state index in [1.54, 1.807) is 54.6 Å². The van der Waals surface area contributed by atoms with Crippen molar-refractivity contribution in [2.75, 3.05) is 5.32 Å². The molecule has 0 saturated carbocycles. The van der Waals surface area contributed by atoms with Crippen LogP contribution >= 0.6 is 0 Å². The lowest BCUT2D eigenvalue weighted by Crippen LogP contribution is -2.42. The number of pyridine rings is 1. The second kappa shape index (κ2) is 11.4. The number of carbonyl (C=O) groups excluding carboxylic acids is 2. The summed E-state index contributed by atoms with van der Waals surface area (Å²) in [7, 11) is 0. The van der Waals surface area contributed by atoms with E-state index in [1.165, 1.54) is 24.4 Å². The first-order valence-corrected chi connectivity index (χ1v) is 10.9. The Morgan fingerprint density at radius 3 is 2.37 bits per heavy atom. The molecule has 4 rings (SSSR count). The summed E-state index contributed by atoms with van der Waals surface area (Å²) in [6.45, 7) is 0.0755. The number of halogens is 1. The van der Waals surface area contributed by atoms with Gasteiger partial charge in [0.05, 0.1) is 0 Å². The summed E-state index contributed by atoms with van der Waals surface area (Å²) < 4.78 is 19.2. The van der Waals surface area contributed by atoms with Crippen molar-refractivity contribution in [3.63, 3.8) is 0 Å². The van der Waals surface area contributed by atoms with E-state index < -0.39 is 17.9 Å². The lowest BCUT2D eigenvalue weighted by molar-refractivity contribution is -0.118. The molecule has 35 heavy (non-hydrogen) atoms. The normalized spacial score (nSPS) is 11.2. The van der Waals surface area contributed by atoms with Gasteiger partial charge in [-0.05, 0) is 35.9 Å². The molecule has 3 aromatic carbocycles. The van der Waals surface area contributed by atoms with Gasteiger partial charge in [-0.15, -0.1) is 0 Å². The van der Waals surface area contributed by atoms with Crippen LogP contribution in [0.25, 0.3) is 0 Å². The molecule has 0 fully saturated rings. The third kappa shape index (κ3) is 6.64. The molecule has 1 heterocycles. The largest absolute Gasteiger partial charge is 0.439 e. The molecular weight excluding hydrogens is 447 g/mol. The molecule has 0 radical (unpaired) electrons. The number of nitrogens with one attached hydrogen (secondary N) is 3. The van der Waals surface area contributed by atoms with Gasteiger partial charge in [-0.2, -0.15) is 0 Å². The molecule has 0 aliphatic heterocycles. The fourth-order valence-corrected chi connectivity index (χ4v) is 3.33.